The Morgan fingerprint density at radius 1 is 1.00 bits per heavy atom. The second-order valence-electron chi connectivity index (χ2n) is 8.66. The summed E-state index contributed by atoms with van der Waals surface area (Å²) in [5, 5.41) is 7.40. The topological polar surface area (TPSA) is 79.2 Å². The van der Waals surface area contributed by atoms with E-state index >= 15 is 0 Å². The average Bonchev–Trinajstić information content (AvgIpc) is 3.31. The van der Waals surface area contributed by atoms with Gasteiger partial charge in [-0.2, -0.15) is 5.10 Å². The first-order valence-electron chi connectivity index (χ1n) is 11.6. The summed E-state index contributed by atoms with van der Waals surface area (Å²) in [4.78, 5) is 29.3. The summed E-state index contributed by atoms with van der Waals surface area (Å²) < 4.78 is 7.14. The number of benzene rings is 1. The van der Waals surface area contributed by atoms with Crippen molar-refractivity contribution >= 4 is 17.5 Å². The Hall–Kier alpha value is -3.39. The molecule has 2 aliphatic rings. The van der Waals surface area contributed by atoms with E-state index in [4.69, 9.17) is 4.74 Å². The third-order valence-corrected chi connectivity index (χ3v) is 6.61. The second kappa shape index (κ2) is 9.62. The van der Waals surface area contributed by atoms with Crippen molar-refractivity contribution in [1.29, 1.82) is 0 Å². The van der Waals surface area contributed by atoms with Crippen molar-refractivity contribution in [3.63, 3.8) is 0 Å². The van der Waals surface area contributed by atoms with Gasteiger partial charge in [-0.1, -0.05) is 30.3 Å². The number of piperidine rings is 1. The monoisotopic (exact) mass is 447 g/mol. The highest BCUT2D eigenvalue weighted by Crippen LogP contribution is 2.29. The smallest absolute Gasteiger partial charge is 0.317 e. The van der Waals surface area contributed by atoms with Gasteiger partial charge in [-0.3, -0.25) is 4.79 Å². The molecule has 0 radical (unpaired) electrons. The number of fused-ring (bicyclic) bond motifs is 1. The van der Waals surface area contributed by atoms with E-state index in [9.17, 15) is 9.59 Å². The molecule has 4 heterocycles. The molecular formula is C25H29N5O3. The lowest BCUT2D eigenvalue weighted by molar-refractivity contribution is 0.0304. The predicted octanol–water partition coefficient (Wildman–Crippen LogP) is 2.90. The minimum absolute atomic E-state index is 0.00959. The third-order valence-electron chi connectivity index (χ3n) is 6.61. The van der Waals surface area contributed by atoms with Crippen LogP contribution in [0.4, 0.5) is 4.79 Å². The Bertz CT molecular complexity index is 1120. The number of pyridine rings is 1. The summed E-state index contributed by atoms with van der Waals surface area (Å²) in [6.45, 7) is 4.35. The lowest BCUT2D eigenvalue weighted by Crippen LogP contribution is -2.43. The van der Waals surface area contributed by atoms with Crippen LogP contribution in [0.25, 0.3) is 5.52 Å². The Morgan fingerprint density at radius 2 is 1.76 bits per heavy atom. The van der Waals surface area contributed by atoms with E-state index in [0.717, 1.165) is 37.0 Å². The van der Waals surface area contributed by atoms with Gasteiger partial charge < -0.3 is 19.9 Å². The molecule has 8 nitrogen and oxygen atoms in total. The van der Waals surface area contributed by atoms with Crippen molar-refractivity contribution in [3.8, 4) is 0 Å². The zero-order valence-corrected chi connectivity index (χ0v) is 18.7. The Morgan fingerprint density at radius 3 is 2.52 bits per heavy atom. The van der Waals surface area contributed by atoms with Gasteiger partial charge >= 0.3 is 6.03 Å². The first kappa shape index (κ1) is 21.5. The van der Waals surface area contributed by atoms with Gasteiger partial charge in [0.1, 0.15) is 0 Å². The van der Waals surface area contributed by atoms with Gasteiger partial charge in [0, 0.05) is 38.9 Å². The average molecular weight is 448 g/mol. The number of nitrogens with one attached hydrogen (secondary N) is 1. The molecule has 5 rings (SSSR count). The molecule has 1 aromatic carbocycles. The largest absolute Gasteiger partial charge is 0.378 e. The number of nitrogens with zero attached hydrogens (tertiary/aromatic N) is 4. The van der Waals surface area contributed by atoms with Crippen molar-refractivity contribution in [1.82, 2.24) is 24.7 Å². The first-order chi connectivity index (χ1) is 16.2. The minimum atomic E-state index is -0.0121. The maximum absolute atomic E-state index is 13.0. The van der Waals surface area contributed by atoms with Crippen LogP contribution in [-0.2, 0) is 11.3 Å². The van der Waals surface area contributed by atoms with Gasteiger partial charge in [-0.05, 0) is 42.0 Å². The lowest BCUT2D eigenvalue weighted by Gasteiger charge is -2.32. The number of aromatic nitrogens is 2. The highest BCUT2D eigenvalue weighted by Gasteiger charge is 2.26. The summed E-state index contributed by atoms with van der Waals surface area (Å²) >= 11 is 0. The molecule has 0 spiro atoms. The summed E-state index contributed by atoms with van der Waals surface area (Å²) in [6, 6.07) is 14.1. The van der Waals surface area contributed by atoms with Crippen LogP contribution in [0.1, 0.15) is 40.2 Å². The molecule has 0 bridgehead atoms. The second-order valence-corrected chi connectivity index (χ2v) is 8.66. The van der Waals surface area contributed by atoms with E-state index in [-0.39, 0.29) is 11.9 Å². The maximum atomic E-state index is 13.0. The zero-order valence-electron chi connectivity index (χ0n) is 18.7. The Balaban J connectivity index is 1.22. The number of amides is 3. The molecule has 2 aromatic heterocycles. The van der Waals surface area contributed by atoms with Crippen LogP contribution in [-0.4, -0.2) is 70.7 Å². The SMILES string of the molecule is O=C(NCc1ccccc1)N1CCC(c2ccn3ncc(C(=O)N4CCOCC4)c3c2)CC1. The molecule has 1 N–H and O–H groups in total. The van der Waals surface area contributed by atoms with Crippen LogP contribution < -0.4 is 5.32 Å². The van der Waals surface area contributed by atoms with Gasteiger partial charge in [0.15, 0.2) is 0 Å². The lowest BCUT2D eigenvalue weighted by atomic mass is 9.89. The molecule has 2 saturated heterocycles. The molecule has 0 saturated carbocycles. The molecular weight excluding hydrogens is 418 g/mol. The standard InChI is InChI=1S/C25H29N5O3/c31-24(28-12-14-33-15-13-28)22-18-27-30-11-8-21(16-23(22)30)20-6-9-29(10-7-20)25(32)26-17-19-4-2-1-3-5-19/h1-5,8,11,16,18,20H,6-7,9-10,12-15,17H2,(H,26,32). The van der Waals surface area contributed by atoms with E-state index in [1.165, 1.54) is 5.56 Å². The molecule has 2 aliphatic heterocycles. The number of ether oxygens (including phenoxy) is 1. The van der Waals surface area contributed by atoms with Crippen LogP contribution in [0.5, 0.6) is 0 Å². The van der Waals surface area contributed by atoms with E-state index in [0.29, 0.717) is 44.3 Å². The minimum Gasteiger partial charge on any atom is -0.378 e. The van der Waals surface area contributed by atoms with Gasteiger partial charge in [-0.15, -0.1) is 0 Å². The molecule has 3 aromatic rings. The molecule has 33 heavy (non-hydrogen) atoms. The van der Waals surface area contributed by atoms with Crippen LogP contribution >= 0.6 is 0 Å². The first-order valence-corrected chi connectivity index (χ1v) is 11.6. The summed E-state index contributed by atoms with van der Waals surface area (Å²) in [5.41, 5.74) is 3.77. The van der Waals surface area contributed by atoms with Gasteiger partial charge in [0.2, 0.25) is 0 Å². The van der Waals surface area contributed by atoms with Crippen LogP contribution in [0.3, 0.4) is 0 Å². The van der Waals surface area contributed by atoms with Gasteiger partial charge in [0.05, 0.1) is 30.5 Å². The predicted molar refractivity (Wildman–Crippen MR) is 124 cm³/mol. The van der Waals surface area contributed by atoms with Crippen molar-refractivity contribution in [3.05, 3.63) is 71.5 Å². The number of likely N-dealkylation sites (tertiary alicyclic amines) is 1. The highest BCUT2D eigenvalue weighted by molar-refractivity contribution is 6.00. The van der Waals surface area contributed by atoms with E-state index < -0.39 is 0 Å². The van der Waals surface area contributed by atoms with Crippen LogP contribution in [0.2, 0.25) is 0 Å². The van der Waals surface area contributed by atoms with E-state index in [1.807, 2.05) is 46.3 Å². The molecule has 0 atom stereocenters. The number of morpholine rings is 1. The Labute approximate surface area is 193 Å². The molecule has 3 amide bonds. The van der Waals surface area contributed by atoms with Crippen molar-refractivity contribution in [2.75, 3.05) is 39.4 Å². The summed E-state index contributed by atoms with van der Waals surface area (Å²) in [7, 11) is 0. The number of hydrogen-bond acceptors (Lipinski definition) is 4. The molecule has 172 valence electrons. The van der Waals surface area contributed by atoms with Gasteiger partial charge in [0.25, 0.3) is 5.91 Å². The van der Waals surface area contributed by atoms with Crippen molar-refractivity contribution in [2.45, 2.75) is 25.3 Å². The number of carbonyl (C=O) groups excluding carboxylic acids is 2. The van der Waals surface area contributed by atoms with Gasteiger partial charge in [-0.25, -0.2) is 9.31 Å². The summed E-state index contributed by atoms with van der Waals surface area (Å²) in [6.07, 6.45) is 5.39. The molecule has 8 heteroatoms. The van der Waals surface area contributed by atoms with Crippen LogP contribution in [0.15, 0.2) is 54.9 Å². The van der Waals surface area contributed by atoms with Crippen molar-refractivity contribution < 1.29 is 14.3 Å². The fourth-order valence-electron chi connectivity index (χ4n) is 4.65. The number of hydrogen-bond donors (Lipinski definition) is 1. The highest BCUT2D eigenvalue weighted by atomic mass is 16.5. The van der Waals surface area contributed by atoms with E-state index in [1.54, 1.807) is 10.7 Å². The Kier molecular flexibility index (Phi) is 6.26. The molecule has 2 fully saturated rings. The number of urea groups is 1. The zero-order chi connectivity index (χ0) is 22.6. The normalized spacial score (nSPS) is 17.3. The maximum Gasteiger partial charge on any atom is 0.317 e. The number of rotatable bonds is 4. The molecule has 0 aliphatic carbocycles. The summed E-state index contributed by atoms with van der Waals surface area (Å²) in [5.74, 6) is 0.366. The third kappa shape index (κ3) is 4.71. The molecule has 0 unspecified atom stereocenters. The fraction of sp³-hybridized carbons (Fsp3) is 0.400. The quantitative estimate of drug-likeness (QED) is 0.667. The number of carbonyl (C=O) groups is 2. The van der Waals surface area contributed by atoms with Crippen LogP contribution in [0, 0.1) is 0 Å². The fourth-order valence-corrected chi connectivity index (χ4v) is 4.65. The van der Waals surface area contributed by atoms with Crippen molar-refractivity contribution in [2.24, 2.45) is 0 Å². The van der Waals surface area contributed by atoms with E-state index in [2.05, 4.69) is 22.5 Å².